The molecule has 0 aliphatic heterocycles. The van der Waals surface area contributed by atoms with Crippen molar-refractivity contribution in [1.29, 1.82) is 0 Å². The zero-order valence-electron chi connectivity index (χ0n) is 57.9. The zero-order chi connectivity index (χ0) is 67.8. The molecule has 4 unspecified atom stereocenters. The molecule has 6 aromatic carbocycles. The monoisotopic (exact) mass is 1900 g/mol. The smallest absolute Gasteiger partial charge is 0.121 e. The highest BCUT2D eigenvalue weighted by Gasteiger charge is 2.28. The Labute approximate surface area is 646 Å². The number of thioether (sulfide) groups is 6. The predicted molar refractivity (Wildman–Crippen MR) is 465 cm³/mol. The van der Waals surface area contributed by atoms with Gasteiger partial charge in [0.05, 0.1) is 26.1 Å². The first-order valence-corrected chi connectivity index (χ1v) is 42.6. The maximum atomic E-state index is 5.32. The molecule has 498 valence electrons. The first-order chi connectivity index (χ1) is 42.1. The minimum atomic E-state index is 0.118. The van der Waals surface area contributed by atoms with Crippen LogP contribution in [0, 0.1) is 0 Å². The van der Waals surface area contributed by atoms with E-state index in [1.54, 1.807) is 0 Å². The van der Waals surface area contributed by atoms with Gasteiger partial charge in [0.15, 0.2) is 0 Å². The second-order valence-electron chi connectivity index (χ2n) is 29.3. The quantitative estimate of drug-likeness (QED) is 0.0469. The van der Waals surface area contributed by atoms with Crippen molar-refractivity contribution < 1.29 is 0 Å². The highest BCUT2D eigenvalue weighted by Crippen LogP contribution is 2.45. The molecule has 15 heteroatoms. The molecule has 2 saturated carbocycles. The van der Waals surface area contributed by atoms with E-state index < -0.39 is 0 Å². The topological polar surface area (TPSA) is 49.4 Å². The van der Waals surface area contributed by atoms with Crippen LogP contribution >= 0.6 is 184 Å². The molecule has 4 nitrogen and oxygen atoms in total. The third-order valence-corrected chi connectivity index (χ3v) is 20.6. The fourth-order valence-corrected chi connectivity index (χ4v) is 16.9. The van der Waals surface area contributed by atoms with Gasteiger partial charge in [-0.2, -0.15) is 0 Å². The Hall–Kier alpha value is 0.270. The number of benzene rings is 6. The molecule has 2 aliphatic rings. The van der Waals surface area contributed by atoms with Crippen LogP contribution in [0.5, 0.6) is 0 Å². The van der Waals surface area contributed by atoms with Crippen molar-refractivity contribution in [3.8, 4) is 0 Å². The molecular weight excluding hydrogens is 1800 g/mol. The summed E-state index contributed by atoms with van der Waals surface area (Å²) in [5.41, 5.74) is 4.96. The van der Waals surface area contributed by atoms with Crippen LogP contribution in [-0.2, 0) is 0 Å². The fraction of sp³-hybridized carbons (Fsp3) is 0.526. The molecule has 2 fully saturated rings. The molecule has 0 heterocycles. The van der Waals surface area contributed by atoms with Crippen LogP contribution in [0.2, 0.25) is 0 Å². The average Bonchev–Trinajstić information content (AvgIpc) is 0.899. The van der Waals surface area contributed by atoms with Crippen LogP contribution in [0.4, 0.5) is 0 Å². The minimum Gasteiger partial charge on any atom is -0.287 e. The Morgan fingerprint density at radius 3 is 0.846 bits per heavy atom. The number of aliphatic imine (C=N–C) groups is 4. The van der Waals surface area contributed by atoms with Gasteiger partial charge in [-0.1, -0.05) is 348 Å². The number of rotatable bonds is 14. The van der Waals surface area contributed by atoms with Crippen LogP contribution in [0.15, 0.2) is 159 Å². The van der Waals surface area contributed by atoms with Gasteiger partial charge < -0.3 is 0 Å². The third kappa shape index (κ3) is 32.0. The van der Waals surface area contributed by atoms with E-state index in [1.165, 1.54) is 98.9 Å². The molecule has 0 saturated heterocycles. The number of alkyl halides is 5. The lowest BCUT2D eigenvalue weighted by atomic mass is 9.91. The van der Waals surface area contributed by atoms with Crippen LogP contribution in [0.3, 0.4) is 0 Å². The first kappa shape index (κ1) is 81.9. The summed E-state index contributed by atoms with van der Waals surface area (Å²) in [5, 5.41) is 5.19. The molecule has 0 aromatic heterocycles. The standard InChI is InChI=1S/C36H54N2S4.C36H42N2S2.C2H3I3.C2H4I2/c1-33(2,3)39-29-19-15-20-30(40-34(4,5)6)25(29)23-37-27-17-13-14-18-28(27)38-24-26-31(41-35(7,8)9)21-16-22-32(26)42-36(10,11)12;1-35(2,3)39-33-27(21-19-25-13-7-9-15-29(25)33)23-37-31-17-11-12-18-32(31)38-24-28-22-20-26-14-8-10-16-30(26)34(28)40-36(4,5)6;1-2(3,4)5;1-2(3)4/h15-16,19-24,27-28H,13-14,17-18H2,1-12H3;7-10,13-16,19-24,31-32H,11-12,17-18H2,1-6H3;1H3;2H,1H3. The van der Waals surface area contributed by atoms with Crippen molar-refractivity contribution in [2.45, 2.75) is 273 Å². The van der Waals surface area contributed by atoms with Gasteiger partial charge in [0.25, 0.3) is 0 Å². The fourth-order valence-electron chi connectivity index (χ4n) is 10.1. The van der Waals surface area contributed by atoms with Crippen molar-refractivity contribution in [3.05, 3.63) is 131 Å². The molecule has 8 rings (SSSR count). The van der Waals surface area contributed by atoms with Crippen molar-refractivity contribution in [2.24, 2.45) is 20.0 Å². The second kappa shape index (κ2) is 37.1. The molecule has 0 radical (unpaired) electrons. The highest BCUT2D eigenvalue weighted by molar-refractivity contribution is 14.3. The molecule has 2 aliphatic carbocycles. The van der Waals surface area contributed by atoms with Gasteiger partial charge in [-0.3, -0.25) is 20.0 Å². The number of halogens is 5. The number of nitrogens with zero attached hydrogens (tertiary/aromatic N) is 4. The summed E-state index contributed by atoms with van der Waals surface area (Å²) in [6.45, 7) is 45.4. The summed E-state index contributed by atoms with van der Waals surface area (Å²) >= 11 is 23.3. The minimum absolute atomic E-state index is 0.118. The Bertz CT molecular complexity index is 3090. The summed E-state index contributed by atoms with van der Waals surface area (Å²) in [7, 11) is 0. The molecule has 0 spiro atoms. The SMILES string of the molecule is CC(C)(C)Sc1c(C=NC2CCCCC2N=Cc2ccc3ccccc3c2SC(C)(C)C)ccc2ccccc12.CC(C)(C)Sc1cccc(SC(C)(C)C)c1C=NC1CCCCC1N=Cc1c(SC(C)(C)C)cccc1SC(C)(C)C.CC(I)(I)I.CC(I)I. The summed E-state index contributed by atoms with van der Waals surface area (Å²) in [6.07, 6.45) is 17.9. The van der Waals surface area contributed by atoms with Gasteiger partial charge in [-0.05, 0) is 85.3 Å². The molecule has 91 heavy (non-hydrogen) atoms. The largest absolute Gasteiger partial charge is 0.287 e. The van der Waals surface area contributed by atoms with Crippen LogP contribution in [0.1, 0.15) is 212 Å². The van der Waals surface area contributed by atoms with E-state index in [4.69, 9.17) is 20.0 Å². The molecule has 0 amide bonds. The summed E-state index contributed by atoms with van der Waals surface area (Å²) in [6, 6.07) is 40.6. The van der Waals surface area contributed by atoms with Gasteiger partial charge in [0.1, 0.15) is -0.565 Å². The molecule has 0 bridgehead atoms. The van der Waals surface area contributed by atoms with Gasteiger partial charge >= 0.3 is 0 Å². The zero-order valence-corrected chi connectivity index (χ0v) is 73.6. The van der Waals surface area contributed by atoms with Gasteiger partial charge in [-0.25, -0.2) is 0 Å². The summed E-state index contributed by atoms with van der Waals surface area (Å²) < 4.78 is 1.95. The Morgan fingerprint density at radius 1 is 0.352 bits per heavy atom. The van der Waals surface area contributed by atoms with Crippen molar-refractivity contribution in [1.82, 2.24) is 0 Å². The summed E-state index contributed by atoms with van der Waals surface area (Å²) in [4.78, 5) is 29.0. The van der Waals surface area contributed by atoms with E-state index in [2.05, 4.69) is 385 Å². The summed E-state index contributed by atoms with van der Waals surface area (Å²) in [5.74, 6) is 0. The number of hydrogen-bond acceptors (Lipinski definition) is 10. The number of fused-ring (bicyclic) bond motifs is 2. The third-order valence-electron chi connectivity index (χ3n) is 13.3. The van der Waals surface area contributed by atoms with Gasteiger partial charge in [-0.15, -0.1) is 70.6 Å². The maximum Gasteiger partial charge on any atom is 0.121 e. The van der Waals surface area contributed by atoms with E-state index in [0.29, 0.717) is -0.565 Å². The van der Waals surface area contributed by atoms with E-state index >= 15 is 0 Å². The lowest BCUT2D eigenvalue weighted by Gasteiger charge is -2.27. The molecular formula is C76H103I5N4S6. The molecule has 4 atom stereocenters. The first-order valence-electron chi connectivity index (χ1n) is 32.0. The predicted octanol–water partition coefficient (Wildman–Crippen LogP) is 27.9. The van der Waals surface area contributed by atoms with Crippen LogP contribution in [-0.4, -0.2) is 78.9 Å². The Balaban J connectivity index is 0.000000292. The van der Waals surface area contributed by atoms with E-state index in [0.717, 1.165) is 27.6 Å². The van der Waals surface area contributed by atoms with E-state index in [1.807, 2.05) is 70.6 Å². The highest BCUT2D eigenvalue weighted by atomic mass is 127. The maximum absolute atomic E-state index is 5.32. The van der Waals surface area contributed by atoms with Crippen molar-refractivity contribution in [2.75, 3.05) is 0 Å². The van der Waals surface area contributed by atoms with Crippen molar-refractivity contribution in [3.63, 3.8) is 0 Å². The average molecular weight is 1900 g/mol. The lowest BCUT2D eigenvalue weighted by molar-refractivity contribution is 0.390. The normalized spacial score (nSPS) is 18.2. The Kier molecular flexibility index (Phi) is 33.4. The Morgan fingerprint density at radius 2 is 0.593 bits per heavy atom. The molecule has 6 aromatic rings. The van der Waals surface area contributed by atoms with Gasteiger partial charge in [0.2, 0.25) is 0 Å². The lowest BCUT2D eigenvalue weighted by Crippen LogP contribution is -2.27. The van der Waals surface area contributed by atoms with E-state index in [9.17, 15) is 0 Å². The second-order valence-corrected chi connectivity index (χ2v) is 59.2. The van der Waals surface area contributed by atoms with Gasteiger partial charge in [0, 0.05) is 105 Å². The number of hydrogen-bond donors (Lipinski definition) is 0. The van der Waals surface area contributed by atoms with E-state index in [-0.39, 0.29) is 52.6 Å². The van der Waals surface area contributed by atoms with Crippen LogP contribution in [0.25, 0.3) is 21.5 Å². The molecule has 0 N–H and O–H groups in total. The van der Waals surface area contributed by atoms with Crippen LogP contribution < -0.4 is 0 Å². The van der Waals surface area contributed by atoms with Crippen molar-refractivity contribution >= 4 is 230 Å².